The van der Waals surface area contributed by atoms with Gasteiger partial charge in [-0.1, -0.05) is 37.8 Å². The molecule has 1 fully saturated rings. The molecule has 0 aliphatic heterocycles. The molecule has 0 spiro atoms. The first-order chi connectivity index (χ1) is 13.0. The third-order valence-electron chi connectivity index (χ3n) is 4.60. The number of nitriles is 1. The van der Waals surface area contributed by atoms with Gasteiger partial charge in [0.15, 0.2) is 6.10 Å². The number of hydrogen-bond donors (Lipinski definition) is 1. The Hall–Kier alpha value is -2.81. The zero-order valence-corrected chi connectivity index (χ0v) is 15.9. The smallest absolute Gasteiger partial charge is 0.349 e. The lowest BCUT2D eigenvalue weighted by Gasteiger charge is -2.19. The molecule has 1 aromatic carbocycles. The van der Waals surface area contributed by atoms with Gasteiger partial charge in [-0.05, 0) is 43.5 Å². The molecular weight excluding hydrogens is 344 g/mol. The van der Waals surface area contributed by atoms with Gasteiger partial charge in [0.25, 0.3) is 5.91 Å². The number of hydrogen-bond acceptors (Lipinski definition) is 5. The highest BCUT2D eigenvalue weighted by Gasteiger charge is 2.23. The predicted octanol–water partition coefficient (Wildman–Crippen LogP) is 3.37. The van der Waals surface area contributed by atoms with Gasteiger partial charge in [-0.2, -0.15) is 5.26 Å². The number of amides is 1. The molecule has 0 radical (unpaired) electrons. The molecule has 0 heterocycles. The average Bonchev–Trinajstić information content (AvgIpc) is 2.94. The number of carbonyl (C=O) groups excluding carboxylic acids is 2. The van der Waals surface area contributed by atoms with E-state index < -0.39 is 12.1 Å². The zero-order chi connectivity index (χ0) is 19.6. The number of methoxy groups -OCH3 is 1. The number of esters is 1. The maximum Gasteiger partial charge on any atom is 0.349 e. The Kier molecular flexibility index (Phi) is 7.87. The average molecular weight is 370 g/mol. The molecule has 2 rings (SSSR count). The summed E-state index contributed by atoms with van der Waals surface area (Å²) in [6.07, 6.45) is 6.94. The fraction of sp³-hybridized carbons (Fsp3) is 0.476. The van der Waals surface area contributed by atoms with Gasteiger partial charge in [-0.15, -0.1) is 0 Å². The molecule has 1 saturated carbocycles. The van der Waals surface area contributed by atoms with Crippen molar-refractivity contribution in [1.29, 1.82) is 5.26 Å². The van der Waals surface area contributed by atoms with Crippen molar-refractivity contribution in [3.05, 3.63) is 35.4 Å². The molecule has 27 heavy (non-hydrogen) atoms. The Balaban J connectivity index is 1.97. The van der Waals surface area contributed by atoms with Crippen LogP contribution in [-0.4, -0.2) is 31.1 Å². The highest BCUT2D eigenvalue weighted by atomic mass is 16.5. The summed E-state index contributed by atoms with van der Waals surface area (Å²) in [6, 6.07) is 8.93. The molecular formula is C21H26N2O4. The summed E-state index contributed by atoms with van der Waals surface area (Å²) in [5.41, 5.74) is 0.468. The third kappa shape index (κ3) is 6.45. The second-order valence-electron chi connectivity index (χ2n) is 6.69. The van der Waals surface area contributed by atoms with Crippen LogP contribution in [0.2, 0.25) is 0 Å². The minimum atomic E-state index is -0.956. The first-order valence-corrected chi connectivity index (χ1v) is 9.30. The molecule has 1 aliphatic carbocycles. The van der Waals surface area contributed by atoms with Crippen LogP contribution in [0, 0.1) is 11.3 Å². The lowest BCUT2D eigenvalue weighted by molar-refractivity contribution is -0.151. The van der Waals surface area contributed by atoms with Crippen LogP contribution in [-0.2, 0) is 14.3 Å². The Labute approximate surface area is 160 Å². The molecule has 1 amide bonds. The van der Waals surface area contributed by atoms with E-state index in [9.17, 15) is 14.9 Å². The maximum atomic E-state index is 12.3. The molecule has 1 aromatic rings. The van der Waals surface area contributed by atoms with Crippen LogP contribution in [0.5, 0.6) is 5.75 Å². The second-order valence-corrected chi connectivity index (χ2v) is 6.69. The van der Waals surface area contributed by atoms with Crippen LogP contribution >= 0.6 is 0 Å². The van der Waals surface area contributed by atoms with E-state index in [0.717, 1.165) is 25.7 Å². The number of nitrogens with one attached hydrogen (secondary N) is 1. The van der Waals surface area contributed by atoms with Crippen LogP contribution in [0.3, 0.4) is 0 Å². The highest BCUT2D eigenvalue weighted by Crippen LogP contribution is 2.18. The van der Waals surface area contributed by atoms with Crippen molar-refractivity contribution in [1.82, 2.24) is 5.32 Å². The van der Waals surface area contributed by atoms with Gasteiger partial charge < -0.3 is 14.8 Å². The van der Waals surface area contributed by atoms with Gasteiger partial charge in [-0.25, -0.2) is 4.79 Å². The van der Waals surface area contributed by atoms with Crippen LogP contribution in [0.4, 0.5) is 0 Å². The molecule has 0 unspecified atom stereocenters. The molecule has 0 aromatic heterocycles. The number of ether oxygens (including phenoxy) is 2. The van der Waals surface area contributed by atoms with Crippen molar-refractivity contribution in [2.75, 3.05) is 7.11 Å². The first kappa shape index (κ1) is 20.5. The second kappa shape index (κ2) is 10.4. The lowest BCUT2D eigenvalue weighted by Crippen LogP contribution is -2.42. The van der Waals surface area contributed by atoms with Crippen molar-refractivity contribution in [3.8, 4) is 11.8 Å². The fourth-order valence-corrected chi connectivity index (χ4v) is 3.05. The van der Waals surface area contributed by atoms with Crippen molar-refractivity contribution in [3.63, 3.8) is 0 Å². The largest absolute Gasteiger partial charge is 0.497 e. The summed E-state index contributed by atoms with van der Waals surface area (Å²) >= 11 is 0. The number of carbonyl (C=O) groups is 2. The van der Waals surface area contributed by atoms with E-state index in [1.54, 1.807) is 24.3 Å². The molecule has 144 valence electrons. The van der Waals surface area contributed by atoms with E-state index in [2.05, 4.69) is 5.32 Å². The minimum absolute atomic E-state index is 0.129. The molecule has 0 bridgehead atoms. The third-order valence-corrected chi connectivity index (χ3v) is 4.60. The molecule has 1 atom stereocenters. The zero-order valence-electron chi connectivity index (χ0n) is 15.9. The normalized spacial score (nSPS) is 16.6. The number of nitrogens with zero attached hydrogens (tertiary/aromatic N) is 1. The van der Waals surface area contributed by atoms with Crippen LogP contribution in [0.15, 0.2) is 29.8 Å². The highest BCUT2D eigenvalue weighted by molar-refractivity contribution is 5.99. The van der Waals surface area contributed by atoms with Gasteiger partial charge in [0.1, 0.15) is 17.4 Å². The van der Waals surface area contributed by atoms with E-state index in [4.69, 9.17) is 9.47 Å². The molecule has 6 nitrogen and oxygen atoms in total. The minimum Gasteiger partial charge on any atom is -0.497 e. The summed E-state index contributed by atoms with van der Waals surface area (Å²) in [6.45, 7) is 1.52. The van der Waals surface area contributed by atoms with E-state index in [0.29, 0.717) is 11.3 Å². The Morgan fingerprint density at radius 3 is 2.59 bits per heavy atom. The van der Waals surface area contributed by atoms with Gasteiger partial charge in [-0.3, -0.25) is 4.79 Å². The molecule has 6 heteroatoms. The SMILES string of the molecule is COc1cccc(/C=C(\C#N)C(=O)O[C@H](C)C(=O)NC2CCCCCC2)c1. The van der Waals surface area contributed by atoms with Crippen molar-refractivity contribution < 1.29 is 19.1 Å². The lowest BCUT2D eigenvalue weighted by atomic mass is 10.1. The van der Waals surface area contributed by atoms with E-state index in [1.165, 1.54) is 33.0 Å². The van der Waals surface area contributed by atoms with Crippen LogP contribution < -0.4 is 10.1 Å². The fourth-order valence-electron chi connectivity index (χ4n) is 3.05. The number of rotatable bonds is 6. The predicted molar refractivity (Wildman–Crippen MR) is 102 cm³/mol. The standard InChI is InChI=1S/C21H26N2O4/c1-15(20(24)23-18-9-5-3-4-6-10-18)27-21(25)17(14-22)12-16-8-7-11-19(13-16)26-2/h7-8,11-13,15,18H,3-6,9-10H2,1-2H3,(H,23,24)/b17-12+/t15-/m1/s1. The van der Waals surface area contributed by atoms with Crippen molar-refractivity contribution in [2.45, 2.75) is 57.6 Å². The summed E-state index contributed by atoms with van der Waals surface area (Å²) < 4.78 is 10.3. The summed E-state index contributed by atoms with van der Waals surface area (Å²) in [5, 5.41) is 12.2. The topological polar surface area (TPSA) is 88.4 Å². The monoisotopic (exact) mass is 370 g/mol. The molecule has 0 saturated heterocycles. The first-order valence-electron chi connectivity index (χ1n) is 9.30. The van der Waals surface area contributed by atoms with Gasteiger partial charge in [0, 0.05) is 6.04 Å². The summed E-state index contributed by atoms with van der Waals surface area (Å²) in [4.78, 5) is 24.6. The van der Waals surface area contributed by atoms with Crippen molar-refractivity contribution >= 4 is 18.0 Å². The van der Waals surface area contributed by atoms with Gasteiger partial charge in [0.2, 0.25) is 0 Å². The Bertz CT molecular complexity index is 728. The summed E-state index contributed by atoms with van der Waals surface area (Å²) in [5.74, 6) is -0.525. The number of benzene rings is 1. The summed E-state index contributed by atoms with van der Waals surface area (Å²) in [7, 11) is 1.54. The molecule has 1 aliphatic rings. The van der Waals surface area contributed by atoms with E-state index >= 15 is 0 Å². The van der Waals surface area contributed by atoms with E-state index in [1.807, 2.05) is 6.07 Å². The van der Waals surface area contributed by atoms with Gasteiger partial charge in [0.05, 0.1) is 7.11 Å². The van der Waals surface area contributed by atoms with Crippen LogP contribution in [0.25, 0.3) is 6.08 Å². The van der Waals surface area contributed by atoms with Gasteiger partial charge >= 0.3 is 5.97 Å². The molecule has 1 N–H and O–H groups in total. The Morgan fingerprint density at radius 1 is 1.26 bits per heavy atom. The quantitative estimate of drug-likeness (QED) is 0.359. The maximum absolute atomic E-state index is 12.3. The van der Waals surface area contributed by atoms with E-state index in [-0.39, 0.29) is 17.5 Å². The van der Waals surface area contributed by atoms with Crippen molar-refractivity contribution in [2.24, 2.45) is 0 Å². The Morgan fingerprint density at radius 2 is 1.96 bits per heavy atom. The van der Waals surface area contributed by atoms with Crippen LogP contribution in [0.1, 0.15) is 51.0 Å².